The molecule has 2 bridgehead atoms. The Balaban J connectivity index is 2.10. The van der Waals surface area contributed by atoms with E-state index in [1.165, 1.54) is 24.0 Å². The highest BCUT2D eigenvalue weighted by Crippen LogP contribution is 2.60. The van der Waals surface area contributed by atoms with Gasteiger partial charge in [-0.25, -0.2) is 0 Å². The molecule has 0 radical (unpaired) electrons. The van der Waals surface area contributed by atoms with Gasteiger partial charge in [0.25, 0.3) is 0 Å². The third-order valence-corrected chi connectivity index (χ3v) is 4.41. The molecule has 1 heteroatoms. The van der Waals surface area contributed by atoms with E-state index in [1.54, 1.807) is 0 Å². The SMILES string of the molecule is C1=CC2=C3C=CC4(C=NC=CC24C=C1)CC3. The topological polar surface area (TPSA) is 12.4 Å². The van der Waals surface area contributed by atoms with Gasteiger partial charge in [0.2, 0.25) is 0 Å². The molecule has 5 rings (SSSR count). The standard InChI is InChI=1S/C15H13N/c1-2-6-15-9-10-16-11-14(15)7-4-12(5-8-14)13(15)3-1/h1-4,6-7,9-11H,5,8H2. The van der Waals surface area contributed by atoms with Gasteiger partial charge in [0.15, 0.2) is 0 Å². The van der Waals surface area contributed by atoms with E-state index in [2.05, 4.69) is 53.7 Å². The van der Waals surface area contributed by atoms with Gasteiger partial charge >= 0.3 is 0 Å². The second-order valence-corrected chi connectivity index (χ2v) is 4.99. The highest BCUT2D eigenvalue weighted by Gasteiger charge is 2.53. The minimum absolute atomic E-state index is 0.0613. The van der Waals surface area contributed by atoms with Gasteiger partial charge in [-0.05, 0) is 24.0 Å². The van der Waals surface area contributed by atoms with Crippen LogP contribution in [0.1, 0.15) is 12.8 Å². The molecule has 78 valence electrons. The van der Waals surface area contributed by atoms with Crippen LogP contribution in [0.3, 0.4) is 0 Å². The highest BCUT2D eigenvalue weighted by molar-refractivity contribution is 5.79. The smallest absolute Gasteiger partial charge is 0.0476 e. The fraction of sp³-hybridized carbons (Fsp3) is 0.267. The monoisotopic (exact) mass is 207 g/mol. The van der Waals surface area contributed by atoms with Crippen LogP contribution < -0.4 is 0 Å². The Morgan fingerprint density at radius 3 is 2.94 bits per heavy atom. The Labute approximate surface area is 95.3 Å². The first-order valence-electron chi connectivity index (χ1n) is 5.87. The molecule has 0 aromatic rings. The molecule has 1 aliphatic heterocycles. The maximum atomic E-state index is 4.38. The highest BCUT2D eigenvalue weighted by atomic mass is 14.7. The van der Waals surface area contributed by atoms with E-state index < -0.39 is 0 Å². The molecule has 0 N–H and O–H groups in total. The summed E-state index contributed by atoms with van der Waals surface area (Å²) in [7, 11) is 0. The number of fused-ring (bicyclic) bond motifs is 1. The number of rotatable bonds is 0. The summed E-state index contributed by atoms with van der Waals surface area (Å²) in [4.78, 5) is 4.38. The Morgan fingerprint density at radius 1 is 1.06 bits per heavy atom. The van der Waals surface area contributed by atoms with Crippen molar-refractivity contribution in [2.24, 2.45) is 15.8 Å². The van der Waals surface area contributed by atoms with Crippen molar-refractivity contribution in [1.82, 2.24) is 0 Å². The van der Waals surface area contributed by atoms with Gasteiger partial charge in [-0.15, -0.1) is 0 Å². The van der Waals surface area contributed by atoms with Gasteiger partial charge in [0.1, 0.15) is 0 Å². The second kappa shape index (κ2) is 2.54. The van der Waals surface area contributed by atoms with Gasteiger partial charge < -0.3 is 0 Å². The lowest BCUT2D eigenvalue weighted by atomic mass is 9.50. The van der Waals surface area contributed by atoms with Crippen molar-refractivity contribution in [3.05, 3.63) is 59.9 Å². The fourth-order valence-electron chi connectivity index (χ4n) is 3.54. The van der Waals surface area contributed by atoms with Crippen molar-refractivity contribution < 1.29 is 0 Å². The molecule has 1 nitrogen and oxygen atoms in total. The second-order valence-electron chi connectivity index (χ2n) is 4.99. The Bertz CT molecular complexity index is 532. The van der Waals surface area contributed by atoms with E-state index in [0.717, 1.165) is 0 Å². The zero-order valence-corrected chi connectivity index (χ0v) is 9.06. The summed E-state index contributed by atoms with van der Waals surface area (Å²) in [6.07, 6.45) is 22.3. The summed E-state index contributed by atoms with van der Waals surface area (Å²) >= 11 is 0. The Kier molecular flexibility index (Phi) is 1.35. The van der Waals surface area contributed by atoms with E-state index >= 15 is 0 Å². The van der Waals surface area contributed by atoms with Crippen LogP contribution in [-0.2, 0) is 0 Å². The average molecular weight is 207 g/mol. The number of hydrogen-bond acceptors (Lipinski definition) is 1. The molecule has 0 amide bonds. The molecule has 5 aliphatic rings. The summed E-state index contributed by atoms with van der Waals surface area (Å²) in [5.74, 6) is 0. The third-order valence-electron chi connectivity index (χ3n) is 4.41. The van der Waals surface area contributed by atoms with Crippen LogP contribution in [0.2, 0.25) is 0 Å². The van der Waals surface area contributed by atoms with Crippen molar-refractivity contribution in [3.8, 4) is 0 Å². The van der Waals surface area contributed by atoms with E-state index in [1.807, 2.05) is 6.20 Å². The van der Waals surface area contributed by atoms with Crippen LogP contribution in [0.5, 0.6) is 0 Å². The van der Waals surface area contributed by atoms with Crippen LogP contribution in [0, 0.1) is 10.8 Å². The third kappa shape index (κ3) is 0.744. The number of nitrogens with zero attached hydrogens (tertiary/aromatic N) is 1. The molecular formula is C15H13N. The predicted molar refractivity (Wildman–Crippen MR) is 66.2 cm³/mol. The molecule has 2 unspecified atom stereocenters. The van der Waals surface area contributed by atoms with Crippen LogP contribution in [0.4, 0.5) is 0 Å². The maximum Gasteiger partial charge on any atom is 0.0476 e. The van der Waals surface area contributed by atoms with Crippen molar-refractivity contribution in [1.29, 1.82) is 0 Å². The molecule has 0 fully saturated rings. The molecule has 2 atom stereocenters. The van der Waals surface area contributed by atoms with Gasteiger partial charge in [0, 0.05) is 23.2 Å². The minimum Gasteiger partial charge on any atom is -0.268 e. The van der Waals surface area contributed by atoms with Crippen molar-refractivity contribution in [3.63, 3.8) is 0 Å². The van der Waals surface area contributed by atoms with Gasteiger partial charge in [-0.3, -0.25) is 4.99 Å². The maximum absolute atomic E-state index is 4.38. The molecule has 16 heavy (non-hydrogen) atoms. The van der Waals surface area contributed by atoms with Gasteiger partial charge in [-0.1, -0.05) is 42.5 Å². The lowest BCUT2D eigenvalue weighted by Crippen LogP contribution is -2.47. The number of allylic oxidation sites excluding steroid dienone is 9. The normalized spacial score (nSPS) is 41.5. The average Bonchev–Trinajstić information content (AvgIpc) is 2.37. The molecule has 4 aliphatic carbocycles. The molecule has 0 aromatic heterocycles. The largest absolute Gasteiger partial charge is 0.268 e. The lowest BCUT2D eigenvalue weighted by molar-refractivity contribution is 0.289. The van der Waals surface area contributed by atoms with Crippen molar-refractivity contribution in [2.45, 2.75) is 12.8 Å². The number of hydrogen-bond donors (Lipinski definition) is 0. The summed E-state index contributed by atoms with van der Waals surface area (Å²) in [5.41, 5.74) is 3.14. The molecule has 1 heterocycles. The van der Waals surface area contributed by atoms with E-state index in [4.69, 9.17) is 0 Å². The van der Waals surface area contributed by atoms with Crippen LogP contribution in [0.15, 0.2) is 64.9 Å². The molecule has 0 aromatic carbocycles. The molecular weight excluding hydrogens is 194 g/mol. The molecule has 0 saturated carbocycles. The van der Waals surface area contributed by atoms with Crippen molar-refractivity contribution >= 4 is 6.21 Å². The van der Waals surface area contributed by atoms with Crippen LogP contribution >= 0.6 is 0 Å². The predicted octanol–water partition coefficient (Wildman–Crippen LogP) is 3.34. The summed E-state index contributed by atoms with van der Waals surface area (Å²) in [6.45, 7) is 0. The van der Waals surface area contributed by atoms with Crippen LogP contribution in [0.25, 0.3) is 0 Å². The molecule has 0 saturated heterocycles. The Hall–Kier alpha value is -1.63. The minimum atomic E-state index is 0.0613. The van der Waals surface area contributed by atoms with Gasteiger partial charge in [0.05, 0.1) is 0 Å². The first-order valence-corrected chi connectivity index (χ1v) is 5.87. The first-order chi connectivity index (χ1) is 7.86. The zero-order chi connectivity index (χ0) is 10.6. The number of aliphatic imine (C=N–C) groups is 1. The summed E-state index contributed by atoms with van der Waals surface area (Å²) in [5, 5.41) is 0. The summed E-state index contributed by atoms with van der Waals surface area (Å²) < 4.78 is 0. The first kappa shape index (κ1) is 8.51. The molecule has 2 spiro atoms. The van der Waals surface area contributed by atoms with Crippen molar-refractivity contribution in [2.75, 3.05) is 0 Å². The quantitative estimate of drug-likeness (QED) is 0.577. The van der Waals surface area contributed by atoms with E-state index in [0.29, 0.717) is 0 Å². The van der Waals surface area contributed by atoms with E-state index in [9.17, 15) is 0 Å². The van der Waals surface area contributed by atoms with Crippen LogP contribution in [-0.4, -0.2) is 6.21 Å². The zero-order valence-electron chi connectivity index (χ0n) is 9.06. The summed E-state index contributed by atoms with van der Waals surface area (Å²) in [6, 6.07) is 0. The lowest BCUT2D eigenvalue weighted by Gasteiger charge is -2.53. The fourth-order valence-corrected chi connectivity index (χ4v) is 3.54. The van der Waals surface area contributed by atoms with E-state index in [-0.39, 0.29) is 10.8 Å². The Morgan fingerprint density at radius 2 is 2.06 bits per heavy atom. The van der Waals surface area contributed by atoms with Gasteiger partial charge in [-0.2, -0.15) is 0 Å².